The normalized spacial score (nSPS) is 19.3. The van der Waals surface area contributed by atoms with Gasteiger partial charge < -0.3 is 19.9 Å². The lowest BCUT2D eigenvalue weighted by molar-refractivity contribution is 0.122. The number of piperazine rings is 1. The largest absolute Gasteiger partial charge is 0.378 e. The van der Waals surface area contributed by atoms with Crippen LogP contribution in [0.5, 0.6) is 0 Å². The number of hydrogen-bond acceptors (Lipinski definition) is 9. The van der Waals surface area contributed by atoms with Crippen LogP contribution in [0.2, 0.25) is 0 Å². The van der Waals surface area contributed by atoms with Gasteiger partial charge in [-0.3, -0.25) is 0 Å². The van der Waals surface area contributed by atoms with Crippen LogP contribution >= 0.6 is 11.3 Å². The number of aromatic nitrogens is 2. The first kappa shape index (κ1) is 17.9. The minimum atomic E-state index is -3.42. The molecule has 10 heteroatoms. The van der Waals surface area contributed by atoms with Crippen LogP contribution in [0.15, 0.2) is 4.90 Å². The Hall–Kier alpha value is -1.49. The van der Waals surface area contributed by atoms with E-state index in [9.17, 15) is 8.42 Å². The summed E-state index contributed by atoms with van der Waals surface area (Å²) in [7, 11) is -3.42. The molecule has 2 aromatic rings. The third-order valence-corrected chi connectivity index (χ3v) is 7.15. The van der Waals surface area contributed by atoms with Crippen molar-refractivity contribution in [3.63, 3.8) is 0 Å². The van der Waals surface area contributed by atoms with Gasteiger partial charge in [-0.05, 0) is 6.92 Å². The van der Waals surface area contributed by atoms with Crippen LogP contribution in [0.1, 0.15) is 5.82 Å². The predicted molar refractivity (Wildman–Crippen MR) is 103 cm³/mol. The maximum Gasteiger partial charge on any atom is 0.180 e. The molecule has 0 atom stereocenters. The molecule has 2 saturated heterocycles. The summed E-state index contributed by atoms with van der Waals surface area (Å²) in [5.41, 5.74) is 0.556. The van der Waals surface area contributed by atoms with Gasteiger partial charge in [0.1, 0.15) is 21.2 Å². The molecule has 0 aliphatic carbocycles. The van der Waals surface area contributed by atoms with Crippen LogP contribution in [0.25, 0.3) is 10.2 Å². The number of nitrogens with one attached hydrogen (secondary N) is 1. The van der Waals surface area contributed by atoms with Gasteiger partial charge in [-0.1, -0.05) is 0 Å². The Kier molecular flexibility index (Phi) is 4.76. The zero-order valence-electron chi connectivity index (χ0n) is 15.0. The second kappa shape index (κ2) is 6.91. The van der Waals surface area contributed by atoms with Crippen molar-refractivity contribution in [3.8, 4) is 0 Å². The average molecular weight is 398 g/mol. The van der Waals surface area contributed by atoms with E-state index < -0.39 is 9.84 Å². The summed E-state index contributed by atoms with van der Waals surface area (Å²) >= 11 is 1.50. The molecule has 26 heavy (non-hydrogen) atoms. The Morgan fingerprint density at radius 3 is 2.42 bits per heavy atom. The lowest BCUT2D eigenvalue weighted by atomic mass is 10.3. The van der Waals surface area contributed by atoms with E-state index in [0.29, 0.717) is 29.5 Å². The topological polar surface area (TPSA) is 87.7 Å². The van der Waals surface area contributed by atoms with Crippen molar-refractivity contribution >= 4 is 42.2 Å². The number of nitrogens with zero attached hydrogens (tertiary/aromatic N) is 4. The molecule has 142 valence electrons. The summed E-state index contributed by atoms with van der Waals surface area (Å²) < 4.78 is 31.6. The number of morpholine rings is 1. The SMILES string of the molecule is Cc1nc(N2CCOCC2)c2sc(N3CCNCC3)c(S(C)(=O)=O)c2n1. The number of anilines is 2. The third-order valence-electron chi connectivity index (χ3n) is 4.65. The predicted octanol–water partition coefficient (Wildman–Crippen LogP) is 0.649. The van der Waals surface area contributed by atoms with E-state index in [-0.39, 0.29) is 0 Å². The zero-order valence-corrected chi connectivity index (χ0v) is 16.6. The molecule has 8 nitrogen and oxygen atoms in total. The van der Waals surface area contributed by atoms with Crippen LogP contribution in [-0.4, -0.2) is 77.1 Å². The molecule has 0 spiro atoms. The van der Waals surface area contributed by atoms with Gasteiger partial charge in [0.2, 0.25) is 0 Å². The Morgan fingerprint density at radius 1 is 1.08 bits per heavy atom. The molecule has 0 aromatic carbocycles. The Labute approximate surface area is 157 Å². The van der Waals surface area contributed by atoms with Crippen molar-refractivity contribution in [2.75, 3.05) is 68.5 Å². The van der Waals surface area contributed by atoms with Crippen molar-refractivity contribution in [1.82, 2.24) is 15.3 Å². The third kappa shape index (κ3) is 3.26. The summed E-state index contributed by atoms with van der Waals surface area (Å²) in [5.74, 6) is 1.42. The minimum absolute atomic E-state index is 0.347. The van der Waals surface area contributed by atoms with Crippen LogP contribution in [0, 0.1) is 6.92 Å². The Bertz CT molecular complexity index is 916. The van der Waals surface area contributed by atoms with Crippen molar-refractivity contribution in [3.05, 3.63) is 5.82 Å². The van der Waals surface area contributed by atoms with E-state index in [4.69, 9.17) is 4.74 Å². The highest BCUT2D eigenvalue weighted by Crippen LogP contribution is 2.44. The maximum absolute atomic E-state index is 12.6. The second-order valence-electron chi connectivity index (χ2n) is 6.62. The quantitative estimate of drug-likeness (QED) is 0.808. The van der Waals surface area contributed by atoms with Gasteiger partial charge >= 0.3 is 0 Å². The highest BCUT2D eigenvalue weighted by molar-refractivity contribution is 7.91. The van der Waals surface area contributed by atoms with Crippen LogP contribution in [0.3, 0.4) is 0 Å². The summed E-state index contributed by atoms with van der Waals surface area (Å²) in [5, 5.41) is 4.10. The monoisotopic (exact) mass is 397 g/mol. The second-order valence-corrected chi connectivity index (χ2v) is 9.57. The molecular weight excluding hydrogens is 374 g/mol. The number of sulfone groups is 1. The minimum Gasteiger partial charge on any atom is -0.378 e. The van der Waals surface area contributed by atoms with E-state index in [1.165, 1.54) is 17.6 Å². The first-order chi connectivity index (χ1) is 12.4. The standard InChI is InChI=1S/C16H23N5O3S2/c1-11-18-12-13(15(19-11)20-7-9-24-10-8-20)25-16(14(12)26(2,22)23)21-5-3-17-4-6-21/h17H,3-10H2,1-2H3. The van der Waals surface area contributed by atoms with Crippen molar-refractivity contribution in [1.29, 1.82) is 0 Å². The lowest BCUT2D eigenvalue weighted by Crippen LogP contribution is -2.43. The molecule has 1 N–H and O–H groups in total. The smallest absolute Gasteiger partial charge is 0.180 e. The van der Waals surface area contributed by atoms with Crippen LogP contribution < -0.4 is 15.1 Å². The van der Waals surface area contributed by atoms with Gasteiger partial charge in [-0.15, -0.1) is 11.3 Å². The van der Waals surface area contributed by atoms with E-state index >= 15 is 0 Å². The van der Waals surface area contributed by atoms with E-state index in [0.717, 1.165) is 54.8 Å². The summed E-state index contributed by atoms with van der Waals surface area (Å²) in [4.78, 5) is 13.9. The molecule has 2 fully saturated rings. The molecule has 0 unspecified atom stereocenters. The van der Waals surface area contributed by atoms with Gasteiger partial charge in [-0.25, -0.2) is 18.4 Å². The number of hydrogen-bond donors (Lipinski definition) is 1. The Morgan fingerprint density at radius 2 is 1.77 bits per heavy atom. The van der Waals surface area contributed by atoms with Crippen molar-refractivity contribution in [2.45, 2.75) is 11.8 Å². The van der Waals surface area contributed by atoms with Crippen molar-refractivity contribution < 1.29 is 13.2 Å². The molecule has 0 saturated carbocycles. The van der Waals surface area contributed by atoms with Crippen LogP contribution in [-0.2, 0) is 14.6 Å². The summed E-state index contributed by atoms with van der Waals surface area (Å²) in [6.07, 6.45) is 1.27. The average Bonchev–Trinajstić information content (AvgIpc) is 3.02. The molecular formula is C16H23N5O3S2. The number of aryl methyl sites for hydroxylation is 1. The summed E-state index contributed by atoms with van der Waals surface area (Å²) in [6, 6.07) is 0. The van der Waals surface area contributed by atoms with Gasteiger partial charge in [-0.2, -0.15) is 0 Å². The van der Waals surface area contributed by atoms with E-state index in [1.807, 2.05) is 6.92 Å². The fourth-order valence-corrected chi connectivity index (χ4v) is 6.23. The van der Waals surface area contributed by atoms with Crippen molar-refractivity contribution in [2.24, 2.45) is 0 Å². The fraction of sp³-hybridized carbons (Fsp3) is 0.625. The molecule has 2 aliphatic heterocycles. The van der Waals surface area contributed by atoms with E-state index in [2.05, 4.69) is 25.1 Å². The molecule has 4 rings (SSSR count). The molecule has 2 aromatic heterocycles. The highest BCUT2D eigenvalue weighted by atomic mass is 32.2. The number of thiophene rings is 1. The van der Waals surface area contributed by atoms with Gasteiger partial charge in [0, 0.05) is 45.5 Å². The number of fused-ring (bicyclic) bond motifs is 1. The number of ether oxygens (including phenoxy) is 1. The lowest BCUT2D eigenvalue weighted by Gasteiger charge is -2.29. The molecule has 4 heterocycles. The highest BCUT2D eigenvalue weighted by Gasteiger charge is 2.30. The van der Waals surface area contributed by atoms with Gasteiger partial charge in [0.15, 0.2) is 15.7 Å². The molecule has 0 bridgehead atoms. The van der Waals surface area contributed by atoms with E-state index in [1.54, 1.807) is 0 Å². The number of rotatable bonds is 3. The molecule has 2 aliphatic rings. The first-order valence-corrected chi connectivity index (χ1v) is 11.5. The molecule has 0 amide bonds. The Balaban J connectivity index is 1.93. The zero-order chi connectivity index (χ0) is 18.3. The molecule has 0 radical (unpaired) electrons. The summed E-state index contributed by atoms with van der Waals surface area (Å²) in [6.45, 7) is 7.89. The van der Waals surface area contributed by atoms with Gasteiger partial charge in [0.05, 0.1) is 17.9 Å². The van der Waals surface area contributed by atoms with Gasteiger partial charge in [0.25, 0.3) is 0 Å². The maximum atomic E-state index is 12.6. The van der Waals surface area contributed by atoms with Crippen LogP contribution in [0.4, 0.5) is 10.8 Å². The first-order valence-electron chi connectivity index (χ1n) is 8.74. The fourth-order valence-electron chi connectivity index (χ4n) is 3.44.